The number of piperidine rings is 1. The first kappa shape index (κ1) is 18.0. The maximum Gasteiger partial charge on any atom is 0.321 e. The van der Waals surface area contributed by atoms with E-state index < -0.39 is 0 Å². The van der Waals surface area contributed by atoms with Gasteiger partial charge in [0.15, 0.2) is 0 Å². The minimum Gasteiger partial charge on any atom is -0.350 e. The smallest absolute Gasteiger partial charge is 0.321 e. The van der Waals surface area contributed by atoms with Crippen molar-refractivity contribution >= 4 is 28.5 Å². The summed E-state index contributed by atoms with van der Waals surface area (Å²) in [5.41, 5.74) is 1.69. The lowest BCUT2D eigenvalue weighted by molar-refractivity contribution is 0.0915. The lowest BCUT2D eigenvalue weighted by atomic mass is 10.1. The second kappa shape index (κ2) is 7.72. The number of hydrogen-bond donors (Lipinski definition) is 3. The Balaban J connectivity index is 1.31. The Bertz CT molecular complexity index is 994. The lowest BCUT2D eigenvalue weighted by Crippen LogP contribution is -2.47. The van der Waals surface area contributed by atoms with E-state index in [1.165, 1.54) is 12.1 Å². The third kappa shape index (κ3) is 3.83. The van der Waals surface area contributed by atoms with E-state index in [9.17, 15) is 14.0 Å². The van der Waals surface area contributed by atoms with E-state index >= 15 is 0 Å². The molecule has 0 bridgehead atoms. The van der Waals surface area contributed by atoms with Crippen molar-refractivity contribution in [3.8, 4) is 0 Å². The molecule has 3 amide bonds. The molecule has 7 heteroatoms. The molecular weight excluding hydrogens is 359 g/mol. The van der Waals surface area contributed by atoms with Crippen molar-refractivity contribution in [3.63, 3.8) is 0 Å². The molecule has 0 saturated carbocycles. The molecule has 28 heavy (non-hydrogen) atoms. The van der Waals surface area contributed by atoms with Crippen molar-refractivity contribution in [1.29, 1.82) is 0 Å². The van der Waals surface area contributed by atoms with Crippen molar-refractivity contribution in [1.82, 2.24) is 15.2 Å². The minimum absolute atomic E-state index is 0.0236. The number of anilines is 1. The molecule has 2 aromatic carbocycles. The summed E-state index contributed by atoms with van der Waals surface area (Å²) >= 11 is 0. The van der Waals surface area contributed by atoms with Gasteiger partial charge in [-0.05, 0) is 43.2 Å². The van der Waals surface area contributed by atoms with E-state index in [4.69, 9.17) is 0 Å². The van der Waals surface area contributed by atoms with Gasteiger partial charge in [-0.1, -0.05) is 24.3 Å². The van der Waals surface area contributed by atoms with E-state index in [-0.39, 0.29) is 23.8 Å². The summed E-state index contributed by atoms with van der Waals surface area (Å²) in [6.07, 6.45) is 1.34. The molecule has 1 aromatic heterocycles. The molecule has 0 atom stereocenters. The zero-order chi connectivity index (χ0) is 19.5. The lowest BCUT2D eigenvalue weighted by Gasteiger charge is -2.32. The summed E-state index contributed by atoms with van der Waals surface area (Å²) < 4.78 is 13.8. The Morgan fingerprint density at radius 1 is 1.04 bits per heavy atom. The van der Waals surface area contributed by atoms with Crippen LogP contribution in [-0.4, -0.2) is 41.0 Å². The van der Waals surface area contributed by atoms with Crippen LogP contribution in [-0.2, 0) is 0 Å². The predicted molar refractivity (Wildman–Crippen MR) is 106 cm³/mol. The third-order valence-corrected chi connectivity index (χ3v) is 5.00. The van der Waals surface area contributed by atoms with Crippen LogP contribution in [0.25, 0.3) is 10.9 Å². The highest BCUT2D eigenvalue weighted by atomic mass is 19.1. The zero-order valence-corrected chi connectivity index (χ0v) is 15.2. The molecular formula is C21H21FN4O2. The number of benzene rings is 2. The molecule has 0 aliphatic carbocycles. The fourth-order valence-corrected chi connectivity index (χ4v) is 3.45. The van der Waals surface area contributed by atoms with Crippen molar-refractivity contribution < 1.29 is 14.0 Å². The van der Waals surface area contributed by atoms with Gasteiger partial charge in [-0.3, -0.25) is 4.79 Å². The van der Waals surface area contributed by atoms with Crippen molar-refractivity contribution in [3.05, 3.63) is 66.1 Å². The van der Waals surface area contributed by atoms with E-state index in [2.05, 4.69) is 15.6 Å². The van der Waals surface area contributed by atoms with Crippen LogP contribution in [0.1, 0.15) is 23.3 Å². The van der Waals surface area contributed by atoms with Gasteiger partial charge in [0, 0.05) is 35.7 Å². The summed E-state index contributed by atoms with van der Waals surface area (Å²) in [5, 5.41) is 6.25. The molecule has 3 N–H and O–H groups in total. The number of aromatic nitrogens is 1. The summed E-state index contributed by atoms with van der Waals surface area (Å²) in [5.74, 6) is -0.617. The number of urea groups is 1. The number of para-hydroxylation sites is 1. The average molecular weight is 380 g/mol. The molecule has 0 unspecified atom stereocenters. The van der Waals surface area contributed by atoms with Crippen LogP contribution in [0, 0.1) is 5.82 Å². The normalized spacial score (nSPS) is 14.8. The number of fused-ring (bicyclic) bond motifs is 1. The van der Waals surface area contributed by atoms with Gasteiger partial charge in [-0.2, -0.15) is 0 Å². The number of carbonyl (C=O) groups excluding carboxylic acids is 2. The number of hydrogen-bond acceptors (Lipinski definition) is 2. The van der Waals surface area contributed by atoms with Gasteiger partial charge >= 0.3 is 6.03 Å². The third-order valence-electron chi connectivity index (χ3n) is 5.00. The molecule has 3 aromatic rings. The van der Waals surface area contributed by atoms with Gasteiger partial charge in [0.25, 0.3) is 5.91 Å². The topological polar surface area (TPSA) is 77.2 Å². The number of aromatic amines is 1. The number of halogens is 1. The van der Waals surface area contributed by atoms with Gasteiger partial charge in [-0.15, -0.1) is 0 Å². The van der Waals surface area contributed by atoms with E-state index in [0.29, 0.717) is 42.5 Å². The van der Waals surface area contributed by atoms with Crippen LogP contribution >= 0.6 is 0 Å². The highest BCUT2D eigenvalue weighted by Gasteiger charge is 2.24. The second-order valence-electron chi connectivity index (χ2n) is 6.92. The van der Waals surface area contributed by atoms with Gasteiger partial charge in [0.05, 0.1) is 0 Å². The number of H-pyrrole nitrogens is 1. The quantitative estimate of drug-likeness (QED) is 0.647. The zero-order valence-electron chi connectivity index (χ0n) is 15.2. The Labute approximate surface area is 161 Å². The highest BCUT2D eigenvalue weighted by Crippen LogP contribution is 2.19. The highest BCUT2D eigenvalue weighted by molar-refractivity contribution is 5.98. The van der Waals surface area contributed by atoms with Gasteiger partial charge in [0.1, 0.15) is 11.5 Å². The van der Waals surface area contributed by atoms with Crippen molar-refractivity contribution in [2.24, 2.45) is 0 Å². The number of nitrogens with zero attached hydrogens (tertiary/aromatic N) is 1. The number of amides is 3. The van der Waals surface area contributed by atoms with Crippen molar-refractivity contribution in [2.45, 2.75) is 18.9 Å². The molecule has 144 valence electrons. The first-order valence-corrected chi connectivity index (χ1v) is 9.29. The molecule has 1 aliphatic rings. The Morgan fingerprint density at radius 2 is 1.79 bits per heavy atom. The van der Waals surface area contributed by atoms with Crippen LogP contribution < -0.4 is 10.6 Å². The number of carbonyl (C=O) groups is 2. The molecule has 1 saturated heterocycles. The van der Waals surface area contributed by atoms with E-state index in [1.54, 1.807) is 17.0 Å². The summed E-state index contributed by atoms with van der Waals surface area (Å²) in [7, 11) is 0. The number of rotatable bonds is 3. The molecule has 0 radical (unpaired) electrons. The standard InChI is InChI=1S/C21H21FN4O2/c22-17-7-4-8-18-16(17)13-19(25-18)20(27)23-15-9-11-26(12-10-15)21(28)24-14-5-2-1-3-6-14/h1-8,13,15,25H,9-12H2,(H,23,27)(H,24,28). The summed E-state index contributed by atoms with van der Waals surface area (Å²) in [6.45, 7) is 1.12. The average Bonchev–Trinajstić information content (AvgIpc) is 3.15. The van der Waals surface area contributed by atoms with E-state index in [0.717, 1.165) is 5.69 Å². The van der Waals surface area contributed by atoms with Gasteiger partial charge < -0.3 is 20.5 Å². The Hall–Kier alpha value is -3.35. The number of nitrogens with one attached hydrogen (secondary N) is 3. The van der Waals surface area contributed by atoms with Crippen molar-refractivity contribution in [2.75, 3.05) is 18.4 Å². The Morgan fingerprint density at radius 3 is 2.50 bits per heavy atom. The molecule has 4 rings (SSSR count). The van der Waals surface area contributed by atoms with Crippen LogP contribution in [0.4, 0.5) is 14.9 Å². The van der Waals surface area contributed by atoms with E-state index in [1.807, 2.05) is 30.3 Å². The van der Waals surface area contributed by atoms with Gasteiger partial charge in [-0.25, -0.2) is 9.18 Å². The summed E-state index contributed by atoms with van der Waals surface area (Å²) in [6, 6.07) is 15.4. The molecule has 2 heterocycles. The largest absolute Gasteiger partial charge is 0.350 e. The minimum atomic E-state index is -0.356. The maximum atomic E-state index is 13.8. The summed E-state index contributed by atoms with van der Waals surface area (Å²) in [4.78, 5) is 29.5. The maximum absolute atomic E-state index is 13.8. The SMILES string of the molecule is O=C(NC1CCN(C(=O)Nc2ccccc2)CC1)c1cc2c(F)cccc2[nH]1. The predicted octanol–water partition coefficient (Wildman–Crippen LogP) is 3.73. The molecule has 0 spiro atoms. The second-order valence-corrected chi connectivity index (χ2v) is 6.92. The number of likely N-dealkylation sites (tertiary alicyclic amines) is 1. The van der Waals surface area contributed by atoms with Crippen LogP contribution in [0.5, 0.6) is 0 Å². The Kier molecular flexibility index (Phi) is 4.97. The molecule has 1 fully saturated rings. The van der Waals surface area contributed by atoms with Crippen LogP contribution in [0.2, 0.25) is 0 Å². The molecule has 6 nitrogen and oxygen atoms in total. The first-order valence-electron chi connectivity index (χ1n) is 9.29. The van der Waals surface area contributed by atoms with Crippen LogP contribution in [0.3, 0.4) is 0 Å². The fourth-order valence-electron chi connectivity index (χ4n) is 3.45. The van der Waals surface area contributed by atoms with Gasteiger partial charge in [0.2, 0.25) is 0 Å². The fraction of sp³-hybridized carbons (Fsp3) is 0.238. The first-order chi connectivity index (χ1) is 13.6. The van der Waals surface area contributed by atoms with Crippen LogP contribution in [0.15, 0.2) is 54.6 Å². The molecule has 1 aliphatic heterocycles. The monoisotopic (exact) mass is 380 g/mol.